The second-order valence-electron chi connectivity index (χ2n) is 5.92. The molecule has 7 heteroatoms. The van der Waals surface area contributed by atoms with E-state index in [1.54, 1.807) is 26.4 Å². The SMILES string of the molecule is COc1ccc(OC)c(-c2cc(C(N)=O)nc(N3CCCCC3)n2)c1. The number of ether oxygens (including phenoxy) is 2. The van der Waals surface area contributed by atoms with Crippen molar-refractivity contribution >= 4 is 11.9 Å². The maximum absolute atomic E-state index is 11.8. The zero-order valence-electron chi connectivity index (χ0n) is 14.5. The lowest BCUT2D eigenvalue weighted by Crippen LogP contribution is -2.31. The standard InChI is InChI=1S/C18H22N4O3/c1-24-12-6-7-16(25-2)13(10-12)14-11-15(17(19)23)21-18(20-14)22-8-4-3-5-9-22/h6-7,10-11H,3-5,8-9H2,1-2H3,(H2,19,23). The zero-order chi connectivity index (χ0) is 17.8. The number of methoxy groups -OCH3 is 2. The highest BCUT2D eigenvalue weighted by atomic mass is 16.5. The molecular formula is C18H22N4O3. The Kier molecular flexibility index (Phi) is 5.02. The van der Waals surface area contributed by atoms with Crippen LogP contribution in [0.3, 0.4) is 0 Å². The Morgan fingerprint density at radius 3 is 2.48 bits per heavy atom. The number of anilines is 1. The minimum atomic E-state index is -0.580. The molecule has 2 heterocycles. The van der Waals surface area contributed by atoms with Crippen molar-refractivity contribution < 1.29 is 14.3 Å². The number of hydrogen-bond acceptors (Lipinski definition) is 6. The summed E-state index contributed by atoms with van der Waals surface area (Å²) >= 11 is 0. The largest absolute Gasteiger partial charge is 0.497 e. The second-order valence-corrected chi connectivity index (χ2v) is 5.92. The number of aromatic nitrogens is 2. The summed E-state index contributed by atoms with van der Waals surface area (Å²) in [6.07, 6.45) is 3.37. The van der Waals surface area contributed by atoms with E-state index in [1.165, 1.54) is 6.42 Å². The van der Waals surface area contributed by atoms with Crippen molar-refractivity contribution in [3.05, 3.63) is 30.0 Å². The highest BCUT2D eigenvalue weighted by molar-refractivity contribution is 5.92. The number of nitrogens with zero attached hydrogens (tertiary/aromatic N) is 3. The van der Waals surface area contributed by atoms with Crippen LogP contribution in [0.4, 0.5) is 5.95 Å². The summed E-state index contributed by atoms with van der Waals surface area (Å²) in [5.74, 6) is 1.26. The first-order valence-electron chi connectivity index (χ1n) is 8.28. The number of hydrogen-bond donors (Lipinski definition) is 1. The van der Waals surface area contributed by atoms with Crippen molar-refractivity contribution in [1.82, 2.24) is 9.97 Å². The number of carbonyl (C=O) groups excluding carboxylic acids is 1. The van der Waals surface area contributed by atoms with E-state index in [0.29, 0.717) is 23.1 Å². The molecule has 0 aliphatic carbocycles. The Balaban J connectivity index is 2.11. The third-order valence-electron chi connectivity index (χ3n) is 4.29. The van der Waals surface area contributed by atoms with Crippen molar-refractivity contribution in [2.75, 3.05) is 32.2 Å². The lowest BCUT2D eigenvalue weighted by Gasteiger charge is -2.27. The lowest BCUT2D eigenvalue weighted by atomic mass is 10.1. The summed E-state index contributed by atoms with van der Waals surface area (Å²) < 4.78 is 10.7. The van der Waals surface area contributed by atoms with E-state index in [0.717, 1.165) is 31.5 Å². The lowest BCUT2D eigenvalue weighted by molar-refractivity contribution is 0.0995. The molecule has 2 N–H and O–H groups in total. The topological polar surface area (TPSA) is 90.6 Å². The van der Waals surface area contributed by atoms with Crippen LogP contribution in [0.1, 0.15) is 29.8 Å². The highest BCUT2D eigenvalue weighted by Gasteiger charge is 2.19. The molecule has 1 aromatic heterocycles. The Bertz CT molecular complexity index is 773. The van der Waals surface area contributed by atoms with E-state index < -0.39 is 5.91 Å². The van der Waals surface area contributed by atoms with Gasteiger partial charge in [0.2, 0.25) is 5.95 Å². The van der Waals surface area contributed by atoms with Gasteiger partial charge in [-0.2, -0.15) is 0 Å². The quantitative estimate of drug-likeness (QED) is 0.896. The van der Waals surface area contributed by atoms with Gasteiger partial charge in [0.15, 0.2) is 0 Å². The highest BCUT2D eigenvalue weighted by Crippen LogP contribution is 2.33. The normalized spacial score (nSPS) is 14.2. The van der Waals surface area contributed by atoms with Crippen LogP contribution in [0.25, 0.3) is 11.3 Å². The molecule has 0 spiro atoms. The van der Waals surface area contributed by atoms with Crippen molar-refractivity contribution in [3.8, 4) is 22.8 Å². The molecule has 25 heavy (non-hydrogen) atoms. The number of amides is 1. The van der Waals surface area contributed by atoms with Crippen LogP contribution in [0.2, 0.25) is 0 Å². The summed E-state index contributed by atoms with van der Waals surface area (Å²) in [7, 11) is 3.19. The molecule has 1 saturated heterocycles. The molecule has 0 radical (unpaired) electrons. The molecule has 1 aromatic carbocycles. The molecular weight excluding hydrogens is 320 g/mol. The minimum Gasteiger partial charge on any atom is -0.497 e. The Morgan fingerprint density at radius 1 is 1.08 bits per heavy atom. The van der Waals surface area contributed by atoms with Gasteiger partial charge < -0.3 is 20.1 Å². The van der Waals surface area contributed by atoms with Gasteiger partial charge in [-0.3, -0.25) is 4.79 Å². The first kappa shape index (κ1) is 17.0. The Labute approximate surface area is 146 Å². The zero-order valence-corrected chi connectivity index (χ0v) is 14.5. The van der Waals surface area contributed by atoms with Gasteiger partial charge in [0.05, 0.1) is 19.9 Å². The van der Waals surface area contributed by atoms with Gasteiger partial charge in [0.25, 0.3) is 5.91 Å². The predicted molar refractivity (Wildman–Crippen MR) is 95.2 cm³/mol. The number of piperidine rings is 1. The molecule has 1 amide bonds. The molecule has 2 aromatic rings. The molecule has 1 fully saturated rings. The fraction of sp³-hybridized carbons (Fsp3) is 0.389. The monoisotopic (exact) mass is 342 g/mol. The van der Waals surface area contributed by atoms with Crippen LogP contribution >= 0.6 is 0 Å². The maximum Gasteiger partial charge on any atom is 0.267 e. The summed E-state index contributed by atoms with van der Waals surface area (Å²) in [4.78, 5) is 22.9. The maximum atomic E-state index is 11.8. The number of rotatable bonds is 5. The summed E-state index contributed by atoms with van der Waals surface area (Å²) in [5, 5.41) is 0. The summed E-state index contributed by atoms with van der Waals surface area (Å²) in [5.41, 5.74) is 6.98. The first-order valence-corrected chi connectivity index (χ1v) is 8.28. The molecule has 7 nitrogen and oxygen atoms in total. The smallest absolute Gasteiger partial charge is 0.267 e. The molecule has 0 unspecified atom stereocenters. The van der Waals surface area contributed by atoms with Gasteiger partial charge >= 0.3 is 0 Å². The van der Waals surface area contributed by atoms with Crippen LogP contribution in [0.5, 0.6) is 11.5 Å². The Morgan fingerprint density at radius 2 is 1.84 bits per heavy atom. The molecule has 0 atom stereocenters. The van der Waals surface area contributed by atoms with Gasteiger partial charge in [-0.25, -0.2) is 9.97 Å². The van der Waals surface area contributed by atoms with Gasteiger partial charge in [-0.1, -0.05) is 0 Å². The van der Waals surface area contributed by atoms with E-state index in [4.69, 9.17) is 15.2 Å². The molecule has 0 bridgehead atoms. The van der Waals surface area contributed by atoms with Gasteiger partial charge in [-0.15, -0.1) is 0 Å². The Hall–Kier alpha value is -2.83. The van der Waals surface area contributed by atoms with E-state index in [-0.39, 0.29) is 5.69 Å². The minimum absolute atomic E-state index is 0.190. The predicted octanol–water partition coefficient (Wildman–Crippen LogP) is 2.25. The van der Waals surface area contributed by atoms with Crippen LogP contribution in [-0.4, -0.2) is 43.2 Å². The number of nitrogens with two attached hydrogens (primary N) is 1. The van der Waals surface area contributed by atoms with Crippen LogP contribution in [-0.2, 0) is 0 Å². The van der Waals surface area contributed by atoms with Crippen LogP contribution < -0.4 is 20.1 Å². The van der Waals surface area contributed by atoms with Crippen molar-refractivity contribution in [2.45, 2.75) is 19.3 Å². The van der Waals surface area contributed by atoms with Gasteiger partial charge in [-0.05, 0) is 43.5 Å². The van der Waals surface area contributed by atoms with Gasteiger partial charge in [0.1, 0.15) is 17.2 Å². The van der Waals surface area contributed by atoms with Gasteiger partial charge in [0, 0.05) is 18.7 Å². The summed E-state index contributed by atoms with van der Waals surface area (Å²) in [6.45, 7) is 1.74. The van der Waals surface area contributed by atoms with Crippen LogP contribution in [0, 0.1) is 0 Å². The van der Waals surface area contributed by atoms with Crippen molar-refractivity contribution in [3.63, 3.8) is 0 Å². The molecule has 132 valence electrons. The number of carbonyl (C=O) groups is 1. The number of benzene rings is 1. The van der Waals surface area contributed by atoms with E-state index >= 15 is 0 Å². The van der Waals surface area contributed by atoms with Crippen LogP contribution in [0.15, 0.2) is 24.3 Å². The van der Waals surface area contributed by atoms with Crippen molar-refractivity contribution in [1.29, 1.82) is 0 Å². The molecule has 1 aliphatic rings. The molecule has 3 rings (SSSR count). The molecule has 1 aliphatic heterocycles. The van der Waals surface area contributed by atoms with E-state index in [9.17, 15) is 4.79 Å². The van der Waals surface area contributed by atoms with E-state index in [2.05, 4.69) is 14.9 Å². The fourth-order valence-corrected chi connectivity index (χ4v) is 2.95. The van der Waals surface area contributed by atoms with Crippen molar-refractivity contribution in [2.24, 2.45) is 5.73 Å². The third kappa shape index (κ3) is 3.65. The van der Waals surface area contributed by atoms with E-state index in [1.807, 2.05) is 12.1 Å². The molecule has 0 saturated carbocycles. The number of primary amides is 1. The third-order valence-corrected chi connectivity index (χ3v) is 4.29. The fourth-order valence-electron chi connectivity index (χ4n) is 2.95. The average molecular weight is 342 g/mol. The first-order chi connectivity index (χ1) is 12.1. The average Bonchev–Trinajstić information content (AvgIpc) is 2.67. The summed E-state index contributed by atoms with van der Waals surface area (Å²) in [6, 6.07) is 7.03. The second kappa shape index (κ2) is 7.38.